The van der Waals surface area contributed by atoms with Crippen LogP contribution in [0.1, 0.15) is 49.9 Å². The summed E-state index contributed by atoms with van der Waals surface area (Å²) in [5.74, 6) is -0.362. The number of aromatic nitrogens is 1. The third-order valence-corrected chi connectivity index (χ3v) is 9.72. The summed E-state index contributed by atoms with van der Waals surface area (Å²) in [6.07, 6.45) is 1.79. The van der Waals surface area contributed by atoms with E-state index in [1.807, 2.05) is 0 Å². The molecule has 186 valence electrons. The molecule has 0 radical (unpaired) electrons. The number of rotatable bonds is 2. The van der Waals surface area contributed by atoms with Crippen molar-refractivity contribution in [1.82, 2.24) is 4.57 Å². The van der Waals surface area contributed by atoms with Gasteiger partial charge in [0.1, 0.15) is 0 Å². The number of thiophene rings is 1. The minimum atomic E-state index is -0.201. The van der Waals surface area contributed by atoms with Crippen LogP contribution in [0.3, 0.4) is 0 Å². The summed E-state index contributed by atoms with van der Waals surface area (Å²) >= 11 is 1.68. The number of carbonyl (C=O) groups is 2. The summed E-state index contributed by atoms with van der Waals surface area (Å²) in [6.45, 7) is 4.53. The monoisotopic (exact) mass is 521 g/mol. The van der Waals surface area contributed by atoms with E-state index in [4.69, 9.17) is 0 Å². The average molecular weight is 522 g/mol. The van der Waals surface area contributed by atoms with Crippen LogP contribution in [0.4, 0.5) is 0 Å². The van der Waals surface area contributed by atoms with E-state index in [1.165, 1.54) is 43.4 Å². The lowest BCUT2D eigenvalue weighted by molar-refractivity contribution is 0.0990. The first-order valence-corrected chi connectivity index (χ1v) is 13.9. The second-order valence-corrected chi connectivity index (χ2v) is 12.0. The molecule has 0 unspecified atom stereocenters. The van der Waals surface area contributed by atoms with Crippen molar-refractivity contribution in [3.05, 3.63) is 129 Å². The lowest BCUT2D eigenvalue weighted by atomic mass is 9.86. The predicted molar refractivity (Wildman–Crippen MR) is 159 cm³/mol. The first kappa shape index (κ1) is 22.4. The molecule has 0 aliphatic heterocycles. The quantitative estimate of drug-likeness (QED) is 0.169. The van der Waals surface area contributed by atoms with Gasteiger partial charge in [-0.2, -0.15) is 0 Å². The van der Waals surface area contributed by atoms with E-state index in [2.05, 4.69) is 91.2 Å². The average Bonchev–Trinajstić information content (AvgIpc) is 3.65. The summed E-state index contributed by atoms with van der Waals surface area (Å²) in [7, 11) is 0. The third kappa shape index (κ3) is 2.98. The van der Waals surface area contributed by atoms with Gasteiger partial charge in [0.25, 0.3) is 0 Å². The summed E-state index contributed by atoms with van der Waals surface area (Å²) in [5.41, 5.74) is 8.31. The highest BCUT2D eigenvalue weighted by molar-refractivity contribution is 7.13. The fourth-order valence-corrected chi connectivity index (χ4v) is 7.67. The van der Waals surface area contributed by atoms with Crippen LogP contribution in [0.2, 0.25) is 0 Å². The maximum atomic E-state index is 13.0. The molecule has 0 fully saturated rings. The first-order chi connectivity index (χ1) is 18.9. The van der Waals surface area contributed by atoms with Crippen LogP contribution in [0, 0.1) is 0 Å². The largest absolute Gasteiger partial charge is 0.309 e. The molecule has 0 saturated heterocycles. The number of carbonyl (C=O) groups excluding carboxylic acids is 2. The zero-order chi connectivity index (χ0) is 26.5. The van der Waals surface area contributed by atoms with Crippen molar-refractivity contribution in [2.75, 3.05) is 0 Å². The Hall–Kier alpha value is -4.54. The van der Waals surface area contributed by atoms with Crippen molar-refractivity contribution in [1.29, 1.82) is 0 Å². The van der Waals surface area contributed by atoms with Gasteiger partial charge in [-0.15, -0.1) is 11.3 Å². The van der Waals surface area contributed by atoms with Gasteiger partial charge in [-0.25, -0.2) is 0 Å². The SMILES string of the molecule is CC1(C)c2cc(-n3c4ccccc4c4ccccc43)ccc2-c2cc(C=C3C(=O)c4ccccc4C3=O)sc21. The maximum absolute atomic E-state index is 13.0. The number of nitrogens with zero attached hydrogens (tertiary/aromatic N) is 1. The number of ketones is 2. The zero-order valence-electron chi connectivity index (χ0n) is 21.5. The zero-order valence-corrected chi connectivity index (χ0v) is 22.3. The standard InChI is InChI=1S/C35H23NO2S/c1-35(2)29-17-20(36-30-13-7-5-9-23(30)24-10-6-8-14-31(24)36)15-16-22(29)27-18-21(39-34(27)35)19-28-32(37)25-11-3-4-12-26(25)33(28)38/h3-19H,1-2H3. The number of para-hydroxylation sites is 2. The molecule has 0 bridgehead atoms. The van der Waals surface area contributed by atoms with Crippen molar-refractivity contribution in [3.8, 4) is 16.8 Å². The molecule has 6 aromatic rings. The van der Waals surface area contributed by atoms with Gasteiger partial charge in [0, 0.05) is 42.8 Å². The molecule has 8 rings (SSSR count). The molecular formula is C35H23NO2S. The molecule has 3 nitrogen and oxygen atoms in total. The Morgan fingerprint density at radius 2 is 1.26 bits per heavy atom. The topological polar surface area (TPSA) is 39.1 Å². The number of allylic oxidation sites excluding steroid dienone is 1. The van der Waals surface area contributed by atoms with E-state index in [0.717, 1.165) is 10.6 Å². The summed E-state index contributed by atoms with van der Waals surface area (Å²) in [5, 5.41) is 2.51. The Labute approximate surface area is 229 Å². The predicted octanol–water partition coefficient (Wildman–Crippen LogP) is 8.61. The Balaban J connectivity index is 1.25. The van der Waals surface area contributed by atoms with Crippen LogP contribution in [0.15, 0.2) is 103 Å². The van der Waals surface area contributed by atoms with Gasteiger partial charge in [0.15, 0.2) is 11.6 Å². The molecule has 0 atom stereocenters. The minimum Gasteiger partial charge on any atom is -0.309 e. The molecule has 4 heteroatoms. The van der Waals surface area contributed by atoms with Gasteiger partial charge >= 0.3 is 0 Å². The number of Topliss-reactive ketones (excluding diaryl/α,β-unsaturated/α-hetero) is 2. The lowest BCUT2D eigenvalue weighted by Gasteiger charge is -2.21. The molecule has 0 amide bonds. The van der Waals surface area contributed by atoms with E-state index in [0.29, 0.717) is 11.1 Å². The highest BCUT2D eigenvalue weighted by Gasteiger charge is 2.39. The lowest BCUT2D eigenvalue weighted by Crippen LogP contribution is -2.14. The van der Waals surface area contributed by atoms with Crippen LogP contribution in [-0.4, -0.2) is 16.1 Å². The van der Waals surface area contributed by atoms with Crippen molar-refractivity contribution in [3.63, 3.8) is 0 Å². The Morgan fingerprint density at radius 1 is 0.667 bits per heavy atom. The van der Waals surface area contributed by atoms with Crippen molar-refractivity contribution in [2.45, 2.75) is 19.3 Å². The Morgan fingerprint density at radius 3 is 1.90 bits per heavy atom. The number of benzene rings is 4. The van der Waals surface area contributed by atoms with E-state index < -0.39 is 0 Å². The first-order valence-electron chi connectivity index (χ1n) is 13.1. The van der Waals surface area contributed by atoms with E-state index in [-0.39, 0.29) is 22.6 Å². The van der Waals surface area contributed by atoms with Gasteiger partial charge < -0.3 is 4.57 Å². The van der Waals surface area contributed by atoms with Crippen molar-refractivity contribution < 1.29 is 9.59 Å². The summed E-state index contributed by atoms with van der Waals surface area (Å²) < 4.78 is 2.36. The third-order valence-electron chi connectivity index (χ3n) is 8.32. The number of hydrogen-bond acceptors (Lipinski definition) is 3. The fourth-order valence-electron chi connectivity index (χ4n) is 6.44. The molecule has 2 heterocycles. The van der Waals surface area contributed by atoms with Crippen LogP contribution in [-0.2, 0) is 5.41 Å². The van der Waals surface area contributed by atoms with Gasteiger partial charge in [0.05, 0.1) is 16.6 Å². The molecule has 0 N–H and O–H groups in total. The van der Waals surface area contributed by atoms with E-state index in [1.54, 1.807) is 41.7 Å². The highest BCUT2D eigenvalue weighted by atomic mass is 32.1. The van der Waals surface area contributed by atoms with Crippen molar-refractivity contribution >= 4 is 50.8 Å². The van der Waals surface area contributed by atoms with Gasteiger partial charge in [0.2, 0.25) is 0 Å². The van der Waals surface area contributed by atoms with Crippen LogP contribution in [0.5, 0.6) is 0 Å². The smallest absolute Gasteiger partial charge is 0.197 e. The molecule has 0 spiro atoms. The van der Waals surface area contributed by atoms with E-state index >= 15 is 0 Å². The molecule has 4 aromatic carbocycles. The molecule has 2 aliphatic carbocycles. The van der Waals surface area contributed by atoms with E-state index in [9.17, 15) is 9.59 Å². The Kier molecular flexibility index (Phi) is 4.46. The number of hydrogen-bond donors (Lipinski definition) is 0. The molecule has 0 saturated carbocycles. The number of fused-ring (bicyclic) bond motifs is 7. The molecule has 2 aliphatic rings. The van der Waals surface area contributed by atoms with Gasteiger partial charge in [-0.1, -0.05) is 80.6 Å². The van der Waals surface area contributed by atoms with Gasteiger partial charge in [-0.05, 0) is 53.1 Å². The second-order valence-electron chi connectivity index (χ2n) is 10.9. The van der Waals surface area contributed by atoms with Gasteiger partial charge in [-0.3, -0.25) is 9.59 Å². The summed E-state index contributed by atoms with van der Waals surface area (Å²) in [6, 6.07) is 33.1. The minimum absolute atomic E-state index is 0.181. The van der Waals surface area contributed by atoms with Crippen LogP contribution in [0.25, 0.3) is 44.7 Å². The summed E-state index contributed by atoms with van der Waals surface area (Å²) in [4.78, 5) is 28.1. The second kappa shape index (κ2) is 7.75. The van der Waals surface area contributed by atoms with Crippen LogP contribution >= 0.6 is 11.3 Å². The highest BCUT2D eigenvalue weighted by Crippen LogP contribution is 2.53. The molecular weight excluding hydrogens is 498 g/mol. The maximum Gasteiger partial charge on any atom is 0.197 e. The van der Waals surface area contributed by atoms with Crippen LogP contribution < -0.4 is 0 Å². The molecule has 2 aromatic heterocycles. The normalized spacial score (nSPS) is 15.2. The van der Waals surface area contributed by atoms with Crippen molar-refractivity contribution in [2.24, 2.45) is 0 Å². The Bertz CT molecular complexity index is 1990. The fraction of sp³-hybridized carbons (Fsp3) is 0.0857. The molecule has 39 heavy (non-hydrogen) atoms.